The van der Waals surface area contributed by atoms with Crippen molar-refractivity contribution in [2.75, 3.05) is 0 Å². The molecule has 0 atom stereocenters. The van der Waals surface area contributed by atoms with Crippen molar-refractivity contribution in [3.05, 3.63) is 167 Å². The van der Waals surface area contributed by atoms with Crippen LogP contribution in [0.4, 0.5) is 0 Å². The second kappa shape index (κ2) is 7.75. The van der Waals surface area contributed by atoms with Gasteiger partial charge in [0, 0.05) is 11.1 Å². The number of hydrogen-bond donors (Lipinski definition) is 0. The van der Waals surface area contributed by atoms with Crippen molar-refractivity contribution in [1.29, 1.82) is 0 Å². The summed E-state index contributed by atoms with van der Waals surface area (Å²) in [4.78, 5) is 14.0. The molecule has 0 heterocycles. The Morgan fingerprint density at radius 3 is 1.77 bits per heavy atom. The number of benzene rings is 6. The number of carbonyl (C=O) groups is 1. The lowest BCUT2D eigenvalue weighted by Crippen LogP contribution is -2.26. The molecule has 1 nitrogen and oxygen atoms in total. The molecule has 1 spiro atoms. The summed E-state index contributed by atoms with van der Waals surface area (Å²) < 4.78 is 0. The average molecular weight is 497 g/mol. The second-order valence-electron chi connectivity index (χ2n) is 10.4. The molecule has 0 N–H and O–H groups in total. The van der Waals surface area contributed by atoms with Crippen molar-refractivity contribution in [2.24, 2.45) is 0 Å². The van der Waals surface area contributed by atoms with Gasteiger partial charge >= 0.3 is 0 Å². The number of carbonyl (C=O) groups excluding carboxylic acids is 1. The maximum atomic E-state index is 14.0. The van der Waals surface area contributed by atoms with E-state index in [-0.39, 0.29) is 5.78 Å². The zero-order valence-electron chi connectivity index (χ0n) is 21.4. The molecule has 0 unspecified atom stereocenters. The van der Waals surface area contributed by atoms with Crippen LogP contribution in [0.25, 0.3) is 44.8 Å². The highest BCUT2D eigenvalue weighted by atomic mass is 16.1. The molecule has 2 aliphatic rings. The number of ketones is 1. The fourth-order valence-corrected chi connectivity index (χ4v) is 7.36. The molecule has 0 bridgehead atoms. The highest BCUT2D eigenvalue weighted by Gasteiger charge is 2.51. The molecule has 0 saturated carbocycles. The van der Waals surface area contributed by atoms with E-state index in [1.165, 1.54) is 49.5 Å². The van der Waals surface area contributed by atoms with Gasteiger partial charge in [0.15, 0.2) is 5.78 Å². The van der Waals surface area contributed by atoms with E-state index < -0.39 is 5.41 Å². The van der Waals surface area contributed by atoms with Crippen LogP contribution in [0.2, 0.25) is 0 Å². The van der Waals surface area contributed by atoms with E-state index in [9.17, 15) is 4.79 Å². The first-order valence-electron chi connectivity index (χ1n) is 13.3. The van der Waals surface area contributed by atoms with Crippen molar-refractivity contribution >= 4 is 39.5 Å². The minimum atomic E-state index is -0.515. The Bertz CT molecular complexity index is 2010. The van der Waals surface area contributed by atoms with E-state index in [2.05, 4.69) is 92.0 Å². The van der Waals surface area contributed by atoms with Gasteiger partial charge in [0.05, 0.1) is 5.41 Å². The fraction of sp³-hybridized carbons (Fsp3) is 0.0263. The summed E-state index contributed by atoms with van der Waals surface area (Å²) >= 11 is 0. The molecule has 0 radical (unpaired) electrons. The summed E-state index contributed by atoms with van der Waals surface area (Å²) in [6.07, 6.45) is 3.85. The van der Waals surface area contributed by atoms with Crippen LogP contribution in [-0.4, -0.2) is 5.78 Å². The molecular weight excluding hydrogens is 472 g/mol. The second-order valence-corrected chi connectivity index (χ2v) is 10.4. The molecule has 0 aliphatic heterocycles. The number of hydrogen-bond acceptors (Lipinski definition) is 1. The van der Waals surface area contributed by atoms with Crippen molar-refractivity contribution in [3.8, 4) is 11.1 Å². The maximum absolute atomic E-state index is 14.0. The van der Waals surface area contributed by atoms with Crippen molar-refractivity contribution in [3.63, 3.8) is 0 Å². The van der Waals surface area contributed by atoms with Gasteiger partial charge in [-0.05, 0) is 78.2 Å². The molecule has 6 aromatic rings. The standard InChI is InChI=1S/C38H24O/c1-3-25-26(4-2)30-21-24(37(39)23-13-6-5-7-14-23)22-34-36(30)35-29(25)17-12-20-33(35)38(34)31-18-10-8-15-27(31)28-16-9-11-19-32(28)38/h3-22H,1-2H2. The van der Waals surface area contributed by atoms with Crippen molar-refractivity contribution < 1.29 is 4.79 Å². The summed E-state index contributed by atoms with van der Waals surface area (Å²) in [5.74, 6) is 0.0229. The maximum Gasteiger partial charge on any atom is 0.193 e. The quantitative estimate of drug-likeness (QED) is 0.175. The molecule has 6 aromatic carbocycles. The molecule has 0 amide bonds. The minimum Gasteiger partial charge on any atom is -0.289 e. The molecular formula is C38H24O. The van der Waals surface area contributed by atoms with Gasteiger partial charge in [-0.3, -0.25) is 4.79 Å². The lowest BCUT2D eigenvalue weighted by atomic mass is 9.70. The van der Waals surface area contributed by atoms with Crippen molar-refractivity contribution in [2.45, 2.75) is 5.41 Å². The Morgan fingerprint density at radius 2 is 1.10 bits per heavy atom. The van der Waals surface area contributed by atoms with E-state index in [4.69, 9.17) is 0 Å². The van der Waals surface area contributed by atoms with Gasteiger partial charge in [0.2, 0.25) is 0 Å². The van der Waals surface area contributed by atoms with Gasteiger partial charge in [-0.25, -0.2) is 0 Å². The third-order valence-electron chi connectivity index (χ3n) is 8.79. The Hall–Kier alpha value is -5.01. The number of rotatable bonds is 4. The summed E-state index contributed by atoms with van der Waals surface area (Å²) in [6.45, 7) is 8.40. The van der Waals surface area contributed by atoms with Crippen LogP contribution >= 0.6 is 0 Å². The van der Waals surface area contributed by atoms with Crippen molar-refractivity contribution in [1.82, 2.24) is 0 Å². The topological polar surface area (TPSA) is 17.1 Å². The van der Waals surface area contributed by atoms with Gasteiger partial charge in [0.25, 0.3) is 0 Å². The van der Waals surface area contributed by atoms with E-state index in [1.54, 1.807) is 0 Å². The highest BCUT2D eigenvalue weighted by molar-refractivity contribution is 6.24. The molecule has 2 aliphatic carbocycles. The molecule has 39 heavy (non-hydrogen) atoms. The van der Waals surface area contributed by atoms with Crippen LogP contribution in [0.1, 0.15) is 49.3 Å². The van der Waals surface area contributed by atoms with Gasteiger partial charge in [0.1, 0.15) is 0 Å². The first kappa shape index (κ1) is 22.0. The predicted molar refractivity (Wildman–Crippen MR) is 162 cm³/mol. The van der Waals surface area contributed by atoms with Gasteiger partial charge in [-0.1, -0.05) is 122 Å². The first-order chi connectivity index (χ1) is 19.2. The minimum absolute atomic E-state index is 0.0229. The predicted octanol–water partition coefficient (Wildman–Crippen LogP) is 9.19. The lowest BCUT2D eigenvalue weighted by Gasteiger charge is -2.31. The zero-order valence-corrected chi connectivity index (χ0v) is 21.4. The average Bonchev–Trinajstić information content (AvgIpc) is 3.47. The normalized spacial score (nSPS) is 13.6. The molecule has 0 fully saturated rings. The molecule has 0 aromatic heterocycles. The Labute approximate surface area is 227 Å². The van der Waals surface area contributed by atoms with E-state index in [0.29, 0.717) is 11.1 Å². The molecule has 8 rings (SSSR count). The SMILES string of the molecule is C=Cc1c(C=C)c2cc(C(=O)c3ccccc3)cc3c2c2c(cccc12)C31c2ccccc2-c2ccccc21. The van der Waals surface area contributed by atoms with E-state index in [1.807, 2.05) is 42.5 Å². The van der Waals surface area contributed by atoms with Crippen LogP contribution in [0, 0.1) is 0 Å². The van der Waals surface area contributed by atoms with Gasteiger partial charge < -0.3 is 0 Å². The van der Waals surface area contributed by atoms with Crippen LogP contribution in [0.5, 0.6) is 0 Å². The van der Waals surface area contributed by atoms with Crippen LogP contribution in [0.3, 0.4) is 0 Å². The number of fused-ring (bicyclic) bond motifs is 7. The Balaban J connectivity index is 1.62. The Morgan fingerprint density at radius 1 is 0.538 bits per heavy atom. The largest absolute Gasteiger partial charge is 0.289 e. The summed E-state index contributed by atoms with van der Waals surface area (Å²) in [5, 5.41) is 4.67. The summed E-state index contributed by atoms with van der Waals surface area (Å²) in [5.41, 5.74) is 10.4. The Kier molecular flexibility index (Phi) is 4.38. The molecule has 1 heteroatoms. The molecule has 182 valence electrons. The highest BCUT2D eigenvalue weighted by Crippen LogP contribution is 2.63. The van der Waals surface area contributed by atoms with Crippen LogP contribution in [0.15, 0.2) is 122 Å². The van der Waals surface area contributed by atoms with Crippen LogP contribution < -0.4 is 0 Å². The summed E-state index contributed by atoms with van der Waals surface area (Å²) in [6, 6.07) is 37.9. The third kappa shape index (κ3) is 2.57. The van der Waals surface area contributed by atoms with E-state index >= 15 is 0 Å². The monoisotopic (exact) mass is 496 g/mol. The lowest BCUT2D eigenvalue weighted by molar-refractivity contribution is 0.103. The fourth-order valence-electron chi connectivity index (χ4n) is 7.36. The van der Waals surface area contributed by atoms with E-state index in [0.717, 1.165) is 16.5 Å². The van der Waals surface area contributed by atoms with Crippen LogP contribution in [-0.2, 0) is 5.41 Å². The summed E-state index contributed by atoms with van der Waals surface area (Å²) in [7, 11) is 0. The molecule has 0 saturated heterocycles. The third-order valence-corrected chi connectivity index (χ3v) is 8.79. The smallest absolute Gasteiger partial charge is 0.193 e. The van der Waals surface area contributed by atoms with Gasteiger partial charge in [-0.15, -0.1) is 0 Å². The van der Waals surface area contributed by atoms with Gasteiger partial charge in [-0.2, -0.15) is 0 Å². The zero-order chi connectivity index (χ0) is 26.3. The first-order valence-corrected chi connectivity index (χ1v) is 13.3.